The molecule has 3 rings (SSSR count). The highest BCUT2D eigenvalue weighted by molar-refractivity contribution is 6.30. The molecule has 2 fully saturated rings. The first-order chi connectivity index (χ1) is 13.0. The normalized spacial score (nSPS) is 27.2. The fraction of sp³-hybridized carbons (Fsp3) is 0.667. The molecule has 1 amide bonds. The summed E-state index contributed by atoms with van der Waals surface area (Å²) < 4.78 is 5.78. The van der Waals surface area contributed by atoms with Gasteiger partial charge < -0.3 is 14.7 Å². The summed E-state index contributed by atoms with van der Waals surface area (Å²) in [7, 11) is 0. The van der Waals surface area contributed by atoms with Crippen molar-refractivity contribution in [2.24, 2.45) is 0 Å². The van der Waals surface area contributed by atoms with Gasteiger partial charge in [-0.1, -0.05) is 17.7 Å². The van der Waals surface area contributed by atoms with Crippen LogP contribution in [0.25, 0.3) is 0 Å². The van der Waals surface area contributed by atoms with Crippen LogP contribution in [0.2, 0.25) is 5.02 Å². The monoisotopic (exact) mass is 394 g/mol. The molecule has 0 radical (unpaired) electrons. The zero-order valence-electron chi connectivity index (χ0n) is 16.2. The maximum atomic E-state index is 12.7. The third-order valence-corrected chi connectivity index (χ3v) is 6.03. The lowest BCUT2D eigenvalue weighted by molar-refractivity contribution is -0.135. The number of carbonyl (C=O) groups excluding carboxylic acids is 1. The van der Waals surface area contributed by atoms with Crippen molar-refractivity contribution in [1.29, 1.82) is 0 Å². The van der Waals surface area contributed by atoms with E-state index < -0.39 is 5.60 Å². The molecule has 2 aliphatic heterocycles. The fourth-order valence-corrected chi connectivity index (χ4v) is 4.24. The van der Waals surface area contributed by atoms with E-state index in [-0.39, 0.29) is 12.5 Å². The van der Waals surface area contributed by atoms with Crippen LogP contribution in [0.5, 0.6) is 5.75 Å². The fourth-order valence-electron chi connectivity index (χ4n) is 4.06. The van der Waals surface area contributed by atoms with E-state index in [0.29, 0.717) is 42.7 Å². The Morgan fingerprint density at radius 1 is 1.26 bits per heavy atom. The summed E-state index contributed by atoms with van der Waals surface area (Å²) >= 11 is 5.98. The first-order valence-corrected chi connectivity index (χ1v) is 10.5. The molecule has 0 aliphatic carbocycles. The number of amides is 1. The lowest BCUT2D eigenvalue weighted by Gasteiger charge is -2.35. The van der Waals surface area contributed by atoms with Crippen LogP contribution in [0, 0.1) is 0 Å². The standard InChI is InChI=1S/C21H31ClN2O3/c1-17-6-2-3-12-24(17)20(25)15-23-11-5-9-21(26,10-13-23)16-27-19-8-4-7-18(22)14-19/h4,7-8,14,17,26H,2-3,5-6,9-13,15-16H2,1H3. The second kappa shape index (κ2) is 9.26. The van der Waals surface area contributed by atoms with Gasteiger partial charge in [0.2, 0.25) is 5.91 Å². The second-order valence-corrected chi connectivity index (χ2v) is 8.47. The largest absolute Gasteiger partial charge is 0.491 e. The van der Waals surface area contributed by atoms with Crippen molar-refractivity contribution in [3.8, 4) is 5.75 Å². The highest BCUT2D eigenvalue weighted by atomic mass is 35.5. The molecule has 0 aromatic heterocycles. The molecule has 2 heterocycles. The van der Waals surface area contributed by atoms with Crippen LogP contribution in [0.1, 0.15) is 45.4 Å². The van der Waals surface area contributed by atoms with E-state index in [9.17, 15) is 9.90 Å². The third kappa shape index (κ3) is 5.84. The molecule has 1 aromatic rings. The van der Waals surface area contributed by atoms with Gasteiger partial charge in [-0.3, -0.25) is 9.69 Å². The zero-order chi connectivity index (χ0) is 19.3. The molecule has 5 nitrogen and oxygen atoms in total. The maximum Gasteiger partial charge on any atom is 0.236 e. The number of hydrogen-bond acceptors (Lipinski definition) is 4. The highest BCUT2D eigenvalue weighted by Crippen LogP contribution is 2.25. The lowest BCUT2D eigenvalue weighted by atomic mass is 9.96. The number of rotatable bonds is 5. The summed E-state index contributed by atoms with van der Waals surface area (Å²) in [6.45, 7) is 5.28. The molecule has 2 unspecified atom stereocenters. The highest BCUT2D eigenvalue weighted by Gasteiger charge is 2.32. The lowest BCUT2D eigenvalue weighted by Crippen LogP contribution is -2.47. The van der Waals surface area contributed by atoms with Gasteiger partial charge in [0.1, 0.15) is 12.4 Å². The van der Waals surface area contributed by atoms with Gasteiger partial charge in [0.15, 0.2) is 0 Å². The average molecular weight is 395 g/mol. The Kier molecular flexibility index (Phi) is 7.01. The van der Waals surface area contributed by atoms with Crippen molar-refractivity contribution in [2.75, 3.05) is 32.8 Å². The number of hydrogen-bond donors (Lipinski definition) is 1. The Hall–Kier alpha value is -1.30. The molecular formula is C21H31ClN2O3. The minimum absolute atomic E-state index is 0.225. The smallest absolute Gasteiger partial charge is 0.236 e. The van der Waals surface area contributed by atoms with Crippen LogP contribution in [-0.2, 0) is 4.79 Å². The first-order valence-electron chi connectivity index (χ1n) is 10.1. The Bertz CT molecular complexity index is 642. The second-order valence-electron chi connectivity index (χ2n) is 8.03. The predicted molar refractivity (Wildman–Crippen MR) is 107 cm³/mol. The summed E-state index contributed by atoms with van der Waals surface area (Å²) in [6.07, 6.45) is 5.57. The number of carbonyl (C=O) groups is 1. The number of piperidine rings is 1. The van der Waals surface area contributed by atoms with Crippen LogP contribution < -0.4 is 4.74 Å². The first kappa shape index (κ1) is 20.4. The quantitative estimate of drug-likeness (QED) is 0.832. The van der Waals surface area contributed by atoms with E-state index in [1.165, 1.54) is 6.42 Å². The molecule has 27 heavy (non-hydrogen) atoms. The van der Waals surface area contributed by atoms with Gasteiger partial charge in [-0.15, -0.1) is 0 Å². The molecular weight excluding hydrogens is 364 g/mol. The predicted octanol–water partition coefficient (Wildman–Crippen LogP) is 3.34. The van der Waals surface area contributed by atoms with Crippen molar-refractivity contribution in [2.45, 2.75) is 57.1 Å². The topological polar surface area (TPSA) is 53.0 Å². The number of ether oxygens (including phenoxy) is 1. The van der Waals surface area contributed by atoms with E-state index in [2.05, 4.69) is 11.8 Å². The number of aliphatic hydroxyl groups is 1. The van der Waals surface area contributed by atoms with Gasteiger partial charge in [0, 0.05) is 24.2 Å². The summed E-state index contributed by atoms with van der Waals surface area (Å²) in [5.74, 6) is 0.897. The Labute approximate surface area is 167 Å². The van der Waals surface area contributed by atoms with Gasteiger partial charge >= 0.3 is 0 Å². The van der Waals surface area contributed by atoms with Crippen LogP contribution in [0.15, 0.2) is 24.3 Å². The van der Waals surface area contributed by atoms with Crippen LogP contribution in [0.4, 0.5) is 0 Å². The van der Waals surface area contributed by atoms with Gasteiger partial charge in [0.05, 0.1) is 12.1 Å². The molecule has 2 aliphatic rings. The molecule has 2 saturated heterocycles. The van der Waals surface area contributed by atoms with E-state index >= 15 is 0 Å². The third-order valence-electron chi connectivity index (χ3n) is 5.80. The van der Waals surface area contributed by atoms with Crippen molar-refractivity contribution in [1.82, 2.24) is 9.80 Å². The van der Waals surface area contributed by atoms with E-state index in [0.717, 1.165) is 32.4 Å². The molecule has 6 heteroatoms. The van der Waals surface area contributed by atoms with Gasteiger partial charge in [0.25, 0.3) is 0 Å². The number of likely N-dealkylation sites (tertiary alicyclic amines) is 2. The summed E-state index contributed by atoms with van der Waals surface area (Å²) in [5, 5.41) is 11.6. The van der Waals surface area contributed by atoms with Crippen LogP contribution in [-0.4, -0.2) is 65.2 Å². The van der Waals surface area contributed by atoms with Crippen molar-refractivity contribution in [3.05, 3.63) is 29.3 Å². The zero-order valence-corrected chi connectivity index (χ0v) is 17.0. The van der Waals surface area contributed by atoms with Gasteiger partial charge in [-0.25, -0.2) is 0 Å². The molecule has 0 spiro atoms. The van der Waals surface area contributed by atoms with Gasteiger partial charge in [-0.2, -0.15) is 0 Å². The van der Waals surface area contributed by atoms with Crippen LogP contribution in [0.3, 0.4) is 0 Å². The molecule has 0 bridgehead atoms. The van der Waals surface area contributed by atoms with E-state index in [1.54, 1.807) is 12.1 Å². The Morgan fingerprint density at radius 3 is 2.89 bits per heavy atom. The number of nitrogens with zero attached hydrogens (tertiary/aromatic N) is 2. The van der Waals surface area contributed by atoms with E-state index in [4.69, 9.17) is 16.3 Å². The molecule has 1 N–H and O–H groups in total. The van der Waals surface area contributed by atoms with Crippen LogP contribution >= 0.6 is 11.6 Å². The van der Waals surface area contributed by atoms with E-state index in [1.807, 2.05) is 17.0 Å². The summed E-state index contributed by atoms with van der Waals surface area (Å²) in [5.41, 5.74) is -0.863. The SMILES string of the molecule is CC1CCCCN1C(=O)CN1CCCC(O)(COc2cccc(Cl)c2)CC1. The molecule has 1 aromatic carbocycles. The summed E-state index contributed by atoms with van der Waals surface area (Å²) in [4.78, 5) is 16.9. The minimum atomic E-state index is -0.863. The Morgan fingerprint density at radius 2 is 2.11 bits per heavy atom. The van der Waals surface area contributed by atoms with Gasteiger partial charge in [-0.05, 0) is 70.2 Å². The van der Waals surface area contributed by atoms with Crippen molar-refractivity contribution >= 4 is 17.5 Å². The minimum Gasteiger partial charge on any atom is -0.491 e. The molecule has 0 saturated carbocycles. The number of benzene rings is 1. The number of halogens is 1. The Balaban J connectivity index is 1.49. The molecule has 150 valence electrons. The summed E-state index contributed by atoms with van der Waals surface area (Å²) in [6, 6.07) is 7.58. The van der Waals surface area contributed by atoms with Crippen molar-refractivity contribution < 1.29 is 14.6 Å². The molecule has 2 atom stereocenters. The average Bonchev–Trinajstić information content (AvgIpc) is 2.83. The van der Waals surface area contributed by atoms with Crippen molar-refractivity contribution in [3.63, 3.8) is 0 Å². The maximum absolute atomic E-state index is 12.7.